The van der Waals surface area contributed by atoms with E-state index in [0.29, 0.717) is 23.1 Å². The molecule has 1 heterocycles. The molecule has 1 aliphatic rings. The van der Waals surface area contributed by atoms with Crippen molar-refractivity contribution in [2.24, 2.45) is 0 Å². The summed E-state index contributed by atoms with van der Waals surface area (Å²) in [6.07, 6.45) is 0.589. The summed E-state index contributed by atoms with van der Waals surface area (Å²) in [6, 6.07) is 21.0. The van der Waals surface area contributed by atoms with Crippen LogP contribution in [-0.2, 0) is 16.0 Å². The van der Waals surface area contributed by atoms with Crippen LogP contribution in [0.2, 0.25) is 15.1 Å². The summed E-state index contributed by atoms with van der Waals surface area (Å²) < 4.78 is 0. The molecule has 34 heavy (non-hydrogen) atoms. The van der Waals surface area contributed by atoms with Crippen molar-refractivity contribution >= 4 is 75.3 Å². The zero-order valence-electron chi connectivity index (χ0n) is 17.9. The molecule has 1 saturated heterocycles. The van der Waals surface area contributed by atoms with E-state index >= 15 is 0 Å². The molecule has 4 rings (SSSR count). The van der Waals surface area contributed by atoms with Crippen LogP contribution in [0.15, 0.2) is 72.8 Å². The van der Waals surface area contributed by atoms with Gasteiger partial charge in [0, 0.05) is 17.3 Å². The highest BCUT2D eigenvalue weighted by Gasteiger charge is 2.44. The van der Waals surface area contributed by atoms with Gasteiger partial charge in [0.1, 0.15) is 6.04 Å². The van der Waals surface area contributed by atoms with Crippen molar-refractivity contribution in [1.82, 2.24) is 4.90 Å². The number of anilines is 2. The van der Waals surface area contributed by atoms with Gasteiger partial charge in [-0.3, -0.25) is 9.59 Å². The topological polar surface area (TPSA) is 52.7 Å². The number of para-hydroxylation sites is 1. The van der Waals surface area contributed by atoms with Crippen LogP contribution in [-0.4, -0.2) is 34.4 Å². The molecule has 0 saturated carbocycles. The molecule has 2 amide bonds. The van der Waals surface area contributed by atoms with E-state index in [1.54, 1.807) is 47.4 Å². The van der Waals surface area contributed by atoms with E-state index in [-0.39, 0.29) is 28.1 Å². The van der Waals surface area contributed by atoms with Gasteiger partial charge in [-0.2, -0.15) is 0 Å². The van der Waals surface area contributed by atoms with E-state index in [9.17, 15) is 9.59 Å². The second-order valence-corrected chi connectivity index (χ2v) is 9.36. The Hall–Kier alpha value is -2.64. The molecular weight excluding hydrogens is 513 g/mol. The van der Waals surface area contributed by atoms with Gasteiger partial charge >= 0.3 is 0 Å². The van der Waals surface area contributed by atoms with Gasteiger partial charge in [-0.1, -0.05) is 71.2 Å². The Bertz CT molecular complexity index is 1200. The lowest BCUT2D eigenvalue weighted by Crippen LogP contribution is -2.48. The zero-order valence-corrected chi connectivity index (χ0v) is 21.0. The highest BCUT2D eigenvalue weighted by molar-refractivity contribution is 7.80. The number of hydrogen-bond acceptors (Lipinski definition) is 3. The minimum atomic E-state index is -0.796. The van der Waals surface area contributed by atoms with Crippen LogP contribution in [0.25, 0.3) is 0 Å². The number of thiocarbonyl (C=S) groups is 1. The normalized spacial score (nSPS) is 15.5. The summed E-state index contributed by atoms with van der Waals surface area (Å²) in [5.41, 5.74) is 2.01. The third kappa shape index (κ3) is 5.36. The second-order valence-electron chi connectivity index (χ2n) is 7.72. The lowest BCUT2D eigenvalue weighted by atomic mass is 10.1. The molecular formula is C25H20Cl3N3O2S. The van der Waals surface area contributed by atoms with E-state index in [1.165, 1.54) is 0 Å². The minimum absolute atomic E-state index is 0.0440. The molecule has 1 aliphatic heterocycles. The van der Waals surface area contributed by atoms with Crippen molar-refractivity contribution in [3.05, 3.63) is 93.4 Å². The SMILES string of the molecule is O=C1C[C@@H](N(CCc2ccccc2)C(=S)Nc2ccc(Cl)cc2)C(=O)N1c1c(Cl)cccc1Cl. The molecule has 1 fully saturated rings. The molecule has 174 valence electrons. The van der Waals surface area contributed by atoms with Crippen LogP contribution in [0.3, 0.4) is 0 Å². The van der Waals surface area contributed by atoms with Crippen molar-refractivity contribution in [2.45, 2.75) is 18.9 Å². The van der Waals surface area contributed by atoms with Gasteiger partial charge in [0.15, 0.2) is 5.11 Å². The maximum Gasteiger partial charge on any atom is 0.257 e. The van der Waals surface area contributed by atoms with E-state index in [1.807, 2.05) is 30.3 Å². The third-order valence-electron chi connectivity index (χ3n) is 5.50. The Balaban J connectivity index is 1.62. The minimum Gasteiger partial charge on any atom is -0.336 e. The smallest absolute Gasteiger partial charge is 0.257 e. The molecule has 0 bridgehead atoms. The van der Waals surface area contributed by atoms with Crippen LogP contribution in [0.1, 0.15) is 12.0 Å². The summed E-state index contributed by atoms with van der Waals surface area (Å²) in [4.78, 5) is 29.3. The molecule has 0 radical (unpaired) electrons. The fraction of sp³-hybridized carbons (Fsp3) is 0.160. The van der Waals surface area contributed by atoms with Crippen molar-refractivity contribution in [3.8, 4) is 0 Å². The van der Waals surface area contributed by atoms with Crippen LogP contribution >= 0.6 is 47.0 Å². The quantitative estimate of drug-likeness (QED) is 0.302. The number of nitrogens with zero attached hydrogens (tertiary/aromatic N) is 2. The van der Waals surface area contributed by atoms with E-state index in [2.05, 4.69) is 5.32 Å². The molecule has 3 aromatic rings. The molecule has 1 N–H and O–H groups in total. The summed E-state index contributed by atoms with van der Waals surface area (Å²) in [7, 11) is 0. The zero-order chi connectivity index (χ0) is 24.2. The third-order valence-corrected chi connectivity index (χ3v) is 6.70. The molecule has 3 aromatic carbocycles. The second kappa shape index (κ2) is 10.7. The summed E-state index contributed by atoms with van der Waals surface area (Å²) in [6.45, 7) is 0.428. The van der Waals surface area contributed by atoms with Crippen LogP contribution < -0.4 is 10.2 Å². The number of imide groups is 1. The predicted octanol–water partition coefficient (Wildman–Crippen LogP) is 6.22. The van der Waals surface area contributed by atoms with Crippen molar-refractivity contribution in [3.63, 3.8) is 0 Å². The van der Waals surface area contributed by atoms with Gasteiger partial charge in [-0.15, -0.1) is 0 Å². The average Bonchev–Trinajstić information content (AvgIpc) is 3.10. The average molecular weight is 533 g/mol. The Morgan fingerprint density at radius 3 is 2.24 bits per heavy atom. The molecule has 0 aliphatic carbocycles. The highest BCUT2D eigenvalue weighted by atomic mass is 35.5. The Morgan fingerprint density at radius 2 is 1.59 bits per heavy atom. The van der Waals surface area contributed by atoms with Gasteiger partial charge < -0.3 is 10.2 Å². The molecule has 9 heteroatoms. The van der Waals surface area contributed by atoms with E-state index in [0.717, 1.165) is 16.2 Å². The maximum absolute atomic E-state index is 13.5. The Kier molecular flexibility index (Phi) is 7.73. The number of benzene rings is 3. The number of halogens is 3. The first-order valence-corrected chi connectivity index (χ1v) is 12.1. The van der Waals surface area contributed by atoms with Crippen LogP contribution in [0.4, 0.5) is 11.4 Å². The van der Waals surface area contributed by atoms with Gasteiger partial charge in [0.2, 0.25) is 5.91 Å². The summed E-state index contributed by atoms with van der Waals surface area (Å²) in [5, 5.41) is 4.55. The molecule has 0 aromatic heterocycles. The predicted molar refractivity (Wildman–Crippen MR) is 142 cm³/mol. The van der Waals surface area contributed by atoms with Gasteiger partial charge in [-0.25, -0.2) is 4.90 Å². The van der Waals surface area contributed by atoms with Gasteiger partial charge in [0.25, 0.3) is 5.91 Å². The fourth-order valence-corrected chi connectivity index (χ4v) is 4.85. The fourth-order valence-electron chi connectivity index (χ4n) is 3.82. The Labute approximate surface area is 218 Å². The molecule has 0 unspecified atom stereocenters. The van der Waals surface area contributed by atoms with Crippen molar-refractivity contribution in [2.75, 3.05) is 16.8 Å². The van der Waals surface area contributed by atoms with E-state index < -0.39 is 11.9 Å². The van der Waals surface area contributed by atoms with Crippen molar-refractivity contribution < 1.29 is 9.59 Å². The maximum atomic E-state index is 13.5. The van der Waals surface area contributed by atoms with Crippen molar-refractivity contribution in [1.29, 1.82) is 0 Å². The number of amides is 2. The molecule has 0 spiro atoms. The Morgan fingerprint density at radius 1 is 0.941 bits per heavy atom. The summed E-state index contributed by atoms with van der Waals surface area (Å²) in [5.74, 6) is -0.808. The lowest BCUT2D eigenvalue weighted by molar-refractivity contribution is -0.122. The largest absolute Gasteiger partial charge is 0.336 e. The van der Waals surface area contributed by atoms with E-state index in [4.69, 9.17) is 47.0 Å². The molecule has 5 nitrogen and oxygen atoms in total. The lowest BCUT2D eigenvalue weighted by Gasteiger charge is -2.30. The number of nitrogens with one attached hydrogen (secondary N) is 1. The highest BCUT2D eigenvalue weighted by Crippen LogP contribution is 2.37. The first-order chi connectivity index (χ1) is 16.3. The number of carbonyl (C=O) groups excluding carboxylic acids is 2. The standard InChI is InChI=1S/C25H20Cl3N3O2S/c26-17-9-11-18(12-10-17)29-25(34)30(14-13-16-5-2-1-3-6-16)21-15-22(32)31(24(21)33)23-19(27)7-4-8-20(23)28/h1-12,21H,13-15H2,(H,29,34)/t21-/m1/s1. The van der Waals surface area contributed by atoms with Crippen LogP contribution in [0, 0.1) is 0 Å². The first-order valence-electron chi connectivity index (χ1n) is 10.5. The number of rotatable bonds is 6. The first kappa shape index (κ1) is 24.5. The molecule has 1 atom stereocenters. The summed E-state index contributed by atoms with van der Waals surface area (Å²) >= 11 is 24.3. The van der Waals surface area contributed by atoms with Crippen LogP contribution in [0.5, 0.6) is 0 Å². The van der Waals surface area contributed by atoms with Gasteiger partial charge in [-0.05, 0) is 60.6 Å². The number of hydrogen-bond donors (Lipinski definition) is 1. The monoisotopic (exact) mass is 531 g/mol. The van der Waals surface area contributed by atoms with Gasteiger partial charge in [0.05, 0.1) is 22.2 Å². The number of carbonyl (C=O) groups is 2.